The van der Waals surface area contributed by atoms with Gasteiger partial charge in [-0.3, -0.25) is 14.4 Å². The van der Waals surface area contributed by atoms with Crippen LogP contribution in [0, 0.1) is 0 Å². The largest absolute Gasteiger partial charge is 0.479 e. The van der Waals surface area contributed by atoms with Crippen LogP contribution in [-0.4, -0.2) is 89.2 Å². The summed E-state index contributed by atoms with van der Waals surface area (Å²) < 4.78 is 28.3. The predicted molar refractivity (Wildman–Crippen MR) is 321 cm³/mol. The van der Waals surface area contributed by atoms with Crippen molar-refractivity contribution in [3.8, 4) is 0 Å². The van der Waals surface area contributed by atoms with Crippen molar-refractivity contribution >= 4 is 23.9 Å². The lowest BCUT2D eigenvalue weighted by atomic mass is 9.98. The highest BCUT2D eigenvalue weighted by Crippen LogP contribution is 2.26. The molecule has 442 valence electrons. The maximum Gasteiger partial charge on any atom is 0.335 e. The van der Waals surface area contributed by atoms with E-state index in [4.69, 9.17) is 23.7 Å². The molecule has 3 N–H and O–H groups in total. The molecule has 0 aromatic rings. The van der Waals surface area contributed by atoms with Gasteiger partial charge in [0.2, 0.25) is 0 Å². The number of unbranched alkanes of at least 4 members (excludes halogenated alkanes) is 10. The first kappa shape index (κ1) is 71.6. The standard InChI is InChI=1S/C67H102O12/c1-4-7-10-13-16-19-22-25-27-29-30-32-33-36-38-41-44-47-50-53-59(68)75-56-58(77-60(69)54-51-48-45-42-39-35-24-21-18-15-12-9-6-3)57-76-67-65(63(72)62(71)64(79-67)66(73)74)78-61(70)55-52-49-46-43-40-37-34-31-28-26-23-20-17-14-11-8-5-2/h7-12,16-21,25-28,30,32,34-35,37,39,45,48,58,62-65,67,71-72H,4-6,13-15,22-24,29,31,33,36,38,40-44,46-47,49-57H2,1-3H3,(H,73,74)/b10-7-,11-8-,12-9-,19-16-,20-17-,21-18-,27-25-,28-26-,32-30-,37-34-,39-35-,48-45-. The Hall–Kier alpha value is -5.40. The van der Waals surface area contributed by atoms with Gasteiger partial charge in [-0.25, -0.2) is 4.79 Å². The first-order chi connectivity index (χ1) is 38.6. The van der Waals surface area contributed by atoms with E-state index in [0.717, 1.165) is 135 Å². The van der Waals surface area contributed by atoms with Crippen molar-refractivity contribution in [1.29, 1.82) is 0 Å². The second-order valence-electron chi connectivity index (χ2n) is 19.5. The molecule has 79 heavy (non-hydrogen) atoms. The molecule has 12 nitrogen and oxygen atoms in total. The van der Waals surface area contributed by atoms with Gasteiger partial charge < -0.3 is 39.0 Å². The maximum atomic E-state index is 13.1. The van der Waals surface area contributed by atoms with E-state index in [1.54, 1.807) is 0 Å². The van der Waals surface area contributed by atoms with Crippen LogP contribution in [0.2, 0.25) is 0 Å². The molecule has 1 heterocycles. The fourth-order valence-electron chi connectivity index (χ4n) is 7.95. The van der Waals surface area contributed by atoms with Crippen molar-refractivity contribution in [3.05, 3.63) is 146 Å². The number of ether oxygens (including phenoxy) is 5. The summed E-state index contributed by atoms with van der Waals surface area (Å²) in [4.78, 5) is 51.1. The monoisotopic (exact) mass is 1100 g/mol. The van der Waals surface area contributed by atoms with Gasteiger partial charge in [0.05, 0.1) is 6.61 Å². The molecule has 0 spiro atoms. The molecule has 1 aliphatic heterocycles. The van der Waals surface area contributed by atoms with E-state index < -0.39 is 67.3 Å². The molecule has 0 aromatic heterocycles. The van der Waals surface area contributed by atoms with Gasteiger partial charge in [0.25, 0.3) is 0 Å². The number of aliphatic carboxylic acids is 1. The summed E-state index contributed by atoms with van der Waals surface area (Å²) in [6.07, 6.45) is 64.0. The zero-order valence-electron chi connectivity index (χ0n) is 48.5. The van der Waals surface area contributed by atoms with Crippen molar-refractivity contribution < 1.29 is 58.2 Å². The summed E-state index contributed by atoms with van der Waals surface area (Å²) in [5.74, 6) is -3.31. The van der Waals surface area contributed by atoms with E-state index in [1.165, 1.54) is 0 Å². The Bertz CT molecular complexity index is 1930. The molecule has 0 amide bonds. The minimum absolute atomic E-state index is 0.0144. The average molecular weight is 1100 g/mol. The van der Waals surface area contributed by atoms with Gasteiger partial charge in [-0.15, -0.1) is 0 Å². The van der Waals surface area contributed by atoms with Gasteiger partial charge in [-0.2, -0.15) is 0 Å². The number of rotatable bonds is 48. The van der Waals surface area contributed by atoms with Crippen molar-refractivity contribution in [3.63, 3.8) is 0 Å². The third-order valence-corrected chi connectivity index (χ3v) is 12.4. The Morgan fingerprint density at radius 2 is 0.785 bits per heavy atom. The third kappa shape index (κ3) is 43.1. The van der Waals surface area contributed by atoms with Crippen LogP contribution >= 0.6 is 0 Å². The number of carbonyl (C=O) groups is 4. The molecule has 6 unspecified atom stereocenters. The second kappa shape index (κ2) is 53.3. The summed E-state index contributed by atoms with van der Waals surface area (Å²) in [6, 6.07) is 0. The Kier molecular flexibility index (Phi) is 48.3. The van der Waals surface area contributed by atoms with E-state index in [9.17, 15) is 34.5 Å². The summed E-state index contributed by atoms with van der Waals surface area (Å²) >= 11 is 0. The van der Waals surface area contributed by atoms with Crippen LogP contribution in [0.25, 0.3) is 0 Å². The van der Waals surface area contributed by atoms with Gasteiger partial charge in [0, 0.05) is 19.3 Å². The third-order valence-electron chi connectivity index (χ3n) is 12.4. The lowest BCUT2D eigenvalue weighted by molar-refractivity contribution is -0.301. The summed E-state index contributed by atoms with van der Waals surface area (Å²) in [6.45, 7) is 5.55. The van der Waals surface area contributed by atoms with Crippen LogP contribution in [0.15, 0.2) is 146 Å². The lowest BCUT2D eigenvalue weighted by Crippen LogP contribution is -2.61. The lowest BCUT2D eigenvalue weighted by Gasteiger charge is -2.40. The van der Waals surface area contributed by atoms with E-state index in [0.29, 0.717) is 25.7 Å². The van der Waals surface area contributed by atoms with Crippen molar-refractivity contribution in [2.24, 2.45) is 0 Å². The van der Waals surface area contributed by atoms with Gasteiger partial charge in [0.15, 0.2) is 24.6 Å². The SMILES string of the molecule is CC/C=C\C/C=C\C/C=C\C/C=C\CCCCCCCCC(=O)OCC(COC1OC(C(=O)O)C(O)C(O)C1OC(=O)CCCCCC/C=C\C/C=C\C/C=C\C/C=C\CC)OC(=O)CC/C=C\C/C=C\C/C=C\C/C=C\CC. The van der Waals surface area contributed by atoms with Gasteiger partial charge in [0.1, 0.15) is 18.8 Å². The molecule has 0 aromatic carbocycles. The Balaban J connectivity index is 2.74. The van der Waals surface area contributed by atoms with Crippen LogP contribution in [0.3, 0.4) is 0 Å². The van der Waals surface area contributed by atoms with E-state index in [1.807, 2.05) is 12.2 Å². The quantitative estimate of drug-likeness (QED) is 0.0228. The zero-order chi connectivity index (χ0) is 57.5. The molecule has 6 atom stereocenters. The fraction of sp³-hybridized carbons (Fsp3) is 0.582. The number of allylic oxidation sites excluding steroid dienone is 24. The summed E-state index contributed by atoms with van der Waals surface area (Å²) in [5.41, 5.74) is 0. The zero-order valence-corrected chi connectivity index (χ0v) is 48.5. The first-order valence-corrected chi connectivity index (χ1v) is 29.8. The number of aliphatic hydroxyl groups excluding tert-OH is 2. The molecule has 1 fully saturated rings. The molecule has 0 aliphatic carbocycles. The summed E-state index contributed by atoms with van der Waals surface area (Å²) in [7, 11) is 0. The van der Waals surface area contributed by atoms with Crippen LogP contribution in [0.4, 0.5) is 0 Å². The maximum absolute atomic E-state index is 13.1. The van der Waals surface area contributed by atoms with Crippen molar-refractivity contribution in [2.45, 2.75) is 237 Å². The number of carboxylic acids is 1. The Morgan fingerprint density at radius 3 is 1.20 bits per heavy atom. The van der Waals surface area contributed by atoms with Crippen molar-refractivity contribution in [1.82, 2.24) is 0 Å². The fourth-order valence-corrected chi connectivity index (χ4v) is 7.95. The molecular formula is C67H102O12. The molecular weight excluding hydrogens is 997 g/mol. The van der Waals surface area contributed by atoms with Gasteiger partial charge >= 0.3 is 23.9 Å². The normalized spacial score (nSPS) is 18.9. The average Bonchev–Trinajstić information content (AvgIpc) is 3.47. The van der Waals surface area contributed by atoms with E-state index >= 15 is 0 Å². The van der Waals surface area contributed by atoms with Crippen LogP contribution < -0.4 is 0 Å². The first-order valence-electron chi connectivity index (χ1n) is 29.8. The van der Waals surface area contributed by atoms with Gasteiger partial charge in [-0.05, 0) is 122 Å². The van der Waals surface area contributed by atoms with Crippen molar-refractivity contribution in [2.75, 3.05) is 13.2 Å². The highest BCUT2D eigenvalue weighted by Gasteiger charge is 2.50. The predicted octanol–water partition coefficient (Wildman–Crippen LogP) is 15.6. The molecule has 12 heteroatoms. The number of carboxylic acid groups (broad SMARTS) is 1. The number of esters is 3. The van der Waals surface area contributed by atoms with Crippen LogP contribution in [0.5, 0.6) is 0 Å². The highest BCUT2D eigenvalue weighted by molar-refractivity contribution is 5.74. The summed E-state index contributed by atoms with van der Waals surface area (Å²) in [5, 5.41) is 31.5. The molecule has 1 saturated heterocycles. The molecule has 0 radical (unpaired) electrons. The minimum Gasteiger partial charge on any atom is -0.479 e. The second-order valence-corrected chi connectivity index (χ2v) is 19.5. The van der Waals surface area contributed by atoms with Crippen LogP contribution in [0.1, 0.15) is 201 Å². The number of aliphatic hydroxyl groups is 2. The van der Waals surface area contributed by atoms with E-state index in [-0.39, 0.29) is 25.9 Å². The molecule has 1 rings (SSSR count). The Labute approximate surface area is 476 Å². The number of carbonyl (C=O) groups excluding carboxylic acids is 3. The minimum atomic E-state index is -1.93. The molecule has 0 saturated carbocycles. The van der Waals surface area contributed by atoms with Gasteiger partial charge in [-0.1, -0.05) is 205 Å². The topological polar surface area (TPSA) is 175 Å². The smallest absolute Gasteiger partial charge is 0.335 e. The molecule has 1 aliphatic rings. The molecule has 0 bridgehead atoms. The highest BCUT2D eigenvalue weighted by atomic mass is 16.7. The number of hydrogen-bond donors (Lipinski definition) is 3. The Morgan fingerprint density at radius 1 is 0.418 bits per heavy atom. The van der Waals surface area contributed by atoms with E-state index in [2.05, 4.69) is 154 Å². The van der Waals surface area contributed by atoms with Crippen LogP contribution in [-0.2, 0) is 42.9 Å². The number of hydrogen-bond acceptors (Lipinski definition) is 11.